The number of aliphatic imine (C=N–C) groups is 1. The van der Waals surface area contributed by atoms with Gasteiger partial charge in [0.1, 0.15) is 16.9 Å². The van der Waals surface area contributed by atoms with Crippen molar-refractivity contribution in [2.75, 3.05) is 5.32 Å². The molecule has 136 valence electrons. The normalized spacial score (nSPS) is 11.3. The summed E-state index contributed by atoms with van der Waals surface area (Å²) in [5.41, 5.74) is -0.821. The molecule has 0 spiro atoms. The van der Waals surface area contributed by atoms with Gasteiger partial charge >= 0.3 is 5.63 Å². The summed E-state index contributed by atoms with van der Waals surface area (Å²) in [6.45, 7) is 4.29. The molecule has 1 heterocycles. The Balaban J connectivity index is 2.50. The third-order valence-corrected chi connectivity index (χ3v) is 3.54. The number of benzene rings is 1. The Kier molecular flexibility index (Phi) is 5.56. The maximum Gasteiger partial charge on any atom is 0.351 e. The number of hydrogen-bond donors (Lipinski definition) is 3. The van der Waals surface area contributed by atoms with Crippen LogP contribution in [-0.2, 0) is 4.79 Å². The minimum atomic E-state index is -1.03. The molecule has 3 N–H and O–H groups in total. The van der Waals surface area contributed by atoms with Gasteiger partial charge in [-0.1, -0.05) is 13.0 Å². The van der Waals surface area contributed by atoms with Crippen molar-refractivity contribution in [1.29, 1.82) is 0 Å². The molecular weight excluding hydrogens is 340 g/mol. The number of ketones is 1. The van der Waals surface area contributed by atoms with Crippen LogP contribution in [0, 0.1) is 0 Å². The quantitative estimate of drug-likeness (QED) is 0.557. The maximum atomic E-state index is 12.0. The number of carbonyl (C=O) groups is 2. The van der Waals surface area contributed by atoms with E-state index in [9.17, 15) is 24.6 Å². The molecule has 1 aromatic heterocycles. The zero-order valence-corrected chi connectivity index (χ0v) is 14.5. The Morgan fingerprint density at radius 3 is 2.50 bits per heavy atom. The van der Waals surface area contributed by atoms with E-state index in [1.807, 2.05) is 0 Å². The highest BCUT2D eigenvalue weighted by atomic mass is 16.5. The van der Waals surface area contributed by atoms with Crippen LogP contribution in [0.3, 0.4) is 0 Å². The average Bonchev–Trinajstić information content (AvgIpc) is 2.53. The minimum Gasteiger partial charge on any atom is -0.506 e. The van der Waals surface area contributed by atoms with E-state index in [0.29, 0.717) is 17.8 Å². The summed E-state index contributed by atoms with van der Waals surface area (Å²) in [6.07, 6.45) is 0.322. The first kappa shape index (κ1) is 18.9. The Morgan fingerprint density at radius 1 is 1.19 bits per heavy atom. The maximum absolute atomic E-state index is 12.0. The van der Waals surface area contributed by atoms with Gasteiger partial charge < -0.3 is 19.9 Å². The molecule has 0 radical (unpaired) electrons. The van der Waals surface area contributed by atoms with Gasteiger partial charge in [-0.3, -0.25) is 14.6 Å². The van der Waals surface area contributed by atoms with Crippen LogP contribution >= 0.6 is 0 Å². The van der Waals surface area contributed by atoms with Gasteiger partial charge in [0, 0.05) is 12.1 Å². The second-order valence-corrected chi connectivity index (χ2v) is 5.50. The first-order chi connectivity index (χ1) is 12.2. The SMILES string of the molecule is CCC(=O)Nc1cccc(N=C(C)c2c(O)c(C(C)=O)c(O)oc2=O)c1. The molecule has 8 heteroatoms. The van der Waals surface area contributed by atoms with E-state index in [1.165, 1.54) is 6.92 Å². The van der Waals surface area contributed by atoms with Crippen LogP contribution in [0.4, 0.5) is 11.4 Å². The van der Waals surface area contributed by atoms with E-state index in [1.54, 1.807) is 31.2 Å². The molecule has 0 aliphatic carbocycles. The molecule has 0 unspecified atom stereocenters. The van der Waals surface area contributed by atoms with Crippen molar-refractivity contribution in [1.82, 2.24) is 0 Å². The van der Waals surface area contributed by atoms with E-state index in [2.05, 4.69) is 14.7 Å². The van der Waals surface area contributed by atoms with Crippen LogP contribution < -0.4 is 10.9 Å². The largest absolute Gasteiger partial charge is 0.506 e. The highest BCUT2D eigenvalue weighted by Gasteiger charge is 2.23. The molecule has 0 bridgehead atoms. The van der Waals surface area contributed by atoms with Crippen LogP contribution in [0.25, 0.3) is 0 Å². The van der Waals surface area contributed by atoms with Crippen molar-refractivity contribution < 1.29 is 24.2 Å². The van der Waals surface area contributed by atoms with E-state index in [0.717, 1.165) is 6.92 Å². The number of amides is 1. The Labute approximate surface area is 148 Å². The van der Waals surface area contributed by atoms with Crippen molar-refractivity contribution in [3.05, 3.63) is 45.8 Å². The second-order valence-electron chi connectivity index (χ2n) is 5.50. The predicted octanol–water partition coefficient (Wildman–Crippen LogP) is 2.74. The molecule has 0 aliphatic heterocycles. The Morgan fingerprint density at radius 2 is 1.88 bits per heavy atom. The molecular formula is C18H18N2O6. The number of anilines is 1. The molecule has 2 rings (SSSR count). The summed E-state index contributed by atoms with van der Waals surface area (Å²) >= 11 is 0. The summed E-state index contributed by atoms with van der Waals surface area (Å²) in [6, 6.07) is 6.57. The van der Waals surface area contributed by atoms with Gasteiger partial charge in [0.2, 0.25) is 5.91 Å². The van der Waals surface area contributed by atoms with Crippen molar-refractivity contribution >= 4 is 28.8 Å². The van der Waals surface area contributed by atoms with Gasteiger partial charge in [0.15, 0.2) is 5.78 Å². The topological polar surface area (TPSA) is 129 Å². The molecule has 0 saturated carbocycles. The molecule has 1 aromatic carbocycles. The van der Waals surface area contributed by atoms with Gasteiger partial charge in [-0.2, -0.15) is 0 Å². The average molecular weight is 358 g/mol. The molecule has 0 saturated heterocycles. The lowest BCUT2D eigenvalue weighted by Crippen LogP contribution is -2.15. The number of aromatic hydroxyl groups is 2. The van der Waals surface area contributed by atoms with Crippen LogP contribution in [0.2, 0.25) is 0 Å². The Bertz CT molecular complexity index is 959. The van der Waals surface area contributed by atoms with Crippen LogP contribution in [0.1, 0.15) is 43.1 Å². The second kappa shape index (κ2) is 7.64. The monoisotopic (exact) mass is 358 g/mol. The summed E-state index contributed by atoms with van der Waals surface area (Å²) < 4.78 is 4.61. The minimum absolute atomic E-state index is 0.0812. The first-order valence-corrected chi connectivity index (χ1v) is 7.80. The molecule has 26 heavy (non-hydrogen) atoms. The fourth-order valence-corrected chi connectivity index (χ4v) is 2.30. The number of nitrogens with one attached hydrogen (secondary N) is 1. The highest BCUT2D eigenvalue weighted by Crippen LogP contribution is 2.29. The molecule has 0 atom stereocenters. The summed E-state index contributed by atoms with van der Waals surface area (Å²) in [7, 11) is 0. The number of nitrogens with zero attached hydrogens (tertiary/aromatic N) is 1. The van der Waals surface area contributed by atoms with Crippen molar-refractivity contribution in [3.8, 4) is 11.7 Å². The first-order valence-electron chi connectivity index (χ1n) is 7.80. The van der Waals surface area contributed by atoms with Crippen molar-refractivity contribution in [3.63, 3.8) is 0 Å². The lowest BCUT2D eigenvalue weighted by molar-refractivity contribution is -0.115. The van der Waals surface area contributed by atoms with Crippen molar-refractivity contribution in [2.45, 2.75) is 27.2 Å². The van der Waals surface area contributed by atoms with Gasteiger partial charge in [0.05, 0.1) is 11.4 Å². The summed E-state index contributed by atoms with van der Waals surface area (Å²) in [5.74, 6) is -2.46. The molecule has 0 fully saturated rings. The predicted molar refractivity (Wildman–Crippen MR) is 95.5 cm³/mol. The zero-order valence-electron chi connectivity index (χ0n) is 14.5. The molecule has 1 amide bonds. The van der Waals surface area contributed by atoms with Gasteiger partial charge in [-0.05, 0) is 32.0 Å². The van der Waals surface area contributed by atoms with Crippen molar-refractivity contribution in [2.24, 2.45) is 4.99 Å². The molecule has 8 nitrogen and oxygen atoms in total. The molecule has 0 aliphatic rings. The van der Waals surface area contributed by atoms with E-state index >= 15 is 0 Å². The van der Waals surface area contributed by atoms with Gasteiger partial charge in [-0.25, -0.2) is 4.79 Å². The third kappa shape index (κ3) is 3.97. The van der Waals surface area contributed by atoms with Crippen LogP contribution in [-0.4, -0.2) is 27.6 Å². The van der Waals surface area contributed by atoms with E-state index in [4.69, 9.17) is 0 Å². The molecule has 2 aromatic rings. The van der Waals surface area contributed by atoms with Crippen LogP contribution in [0.5, 0.6) is 11.7 Å². The third-order valence-electron chi connectivity index (χ3n) is 3.54. The number of Topliss-reactive ketones (excluding diaryl/α,β-unsaturated/α-hetero) is 1. The fraction of sp³-hybridized carbons (Fsp3) is 0.222. The summed E-state index contributed by atoms with van der Waals surface area (Å²) in [5, 5.41) is 22.4. The number of carbonyl (C=O) groups excluding carboxylic acids is 2. The lowest BCUT2D eigenvalue weighted by atomic mass is 10.1. The smallest absolute Gasteiger partial charge is 0.351 e. The standard InChI is InChI=1S/C18H18N2O6/c1-4-13(22)20-12-7-5-6-11(8-12)19-9(2)14-16(23)15(10(3)21)18(25)26-17(14)24/h5-8,23,25H,4H2,1-3H3,(H,20,22). The zero-order chi connectivity index (χ0) is 19.4. The van der Waals surface area contributed by atoms with Gasteiger partial charge in [-0.15, -0.1) is 0 Å². The number of rotatable bonds is 5. The lowest BCUT2D eigenvalue weighted by Gasteiger charge is -2.08. The highest BCUT2D eigenvalue weighted by molar-refractivity contribution is 6.07. The number of hydrogen-bond acceptors (Lipinski definition) is 7. The Hall–Kier alpha value is -3.42. The van der Waals surface area contributed by atoms with E-state index < -0.39 is 28.7 Å². The van der Waals surface area contributed by atoms with Crippen LogP contribution in [0.15, 0.2) is 38.5 Å². The summed E-state index contributed by atoms with van der Waals surface area (Å²) in [4.78, 5) is 39.2. The van der Waals surface area contributed by atoms with E-state index in [-0.39, 0.29) is 17.2 Å². The fourth-order valence-electron chi connectivity index (χ4n) is 2.30. The van der Waals surface area contributed by atoms with Gasteiger partial charge in [0.25, 0.3) is 5.95 Å².